The van der Waals surface area contributed by atoms with E-state index in [2.05, 4.69) is 25.8 Å². The van der Waals surface area contributed by atoms with E-state index in [0.717, 1.165) is 11.3 Å². The maximum absolute atomic E-state index is 12.6. The average molecular weight is 562 g/mol. The molecule has 0 aliphatic carbocycles. The number of amides is 2. The molecule has 4 rings (SSSR count). The summed E-state index contributed by atoms with van der Waals surface area (Å²) in [6.07, 6.45) is 0. The van der Waals surface area contributed by atoms with Gasteiger partial charge in [0.05, 0.1) is 27.5 Å². The van der Waals surface area contributed by atoms with Crippen LogP contribution >= 0.6 is 46.3 Å². The standard InChI is InChI=1S/C24H22Cl2N6O2S2/c1-13-4-6-15(7-5-13)19-11-35-23(28-19)29-20(33)12-36-24-31-30-21(32(24)3)14(2)27-22(34)16-8-9-17(25)18(26)10-16/h4-11,14H,12H2,1-3H3,(H,27,34)(H,28,29,33)/t14-/m0/s1. The van der Waals surface area contributed by atoms with Crippen molar-refractivity contribution in [3.05, 3.63) is 74.8 Å². The minimum atomic E-state index is -0.428. The van der Waals surface area contributed by atoms with Crippen LogP contribution in [0.2, 0.25) is 10.0 Å². The molecule has 1 atom stereocenters. The first kappa shape index (κ1) is 26.2. The highest BCUT2D eigenvalue weighted by atomic mass is 35.5. The van der Waals surface area contributed by atoms with E-state index in [9.17, 15) is 9.59 Å². The number of anilines is 1. The van der Waals surface area contributed by atoms with Crippen molar-refractivity contribution < 1.29 is 9.59 Å². The number of carbonyl (C=O) groups is 2. The molecular weight excluding hydrogens is 539 g/mol. The van der Waals surface area contributed by atoms with Crippen LogP contribution in [0.1, 0.15) is 34.7 Å². The lowest BCUT2D eigenvalue weighted by Gasteiger charge is -2.14. The number of nitrogens with one attached hydrogen (secondary N) is 2. The van der Waals surface area contributed by atoms with Gasteiger partial charge in [-0.05, 0) is 32.0 Å². The van der Waals surface area contributed by atoms with Gasteiger partial charge in [0.15, 0.2) is 16.1 Å². The van der Waals surface area contributed by atoms with Gasteiger partial charge in [-0.2, -0.15) is 0 Å². The van der Waals surface area contributed by atoms with E-state index in [1.165, 1.54) is 34.7 Å². The molecule has 0 aliphatic heterocycles. The number of hydrogen-bond donors (Lipinski definition) is 2. The molecule has 36 heavy (non-hydrogen) atoms. The fraction of sp³-hybridized carbons (Fsp3) is 0.208. The van der Waals surface area contributed by atoms with Crippen LogP contribution in [0.5, 0.6) is 0 Å². The highest BCUT2D eigenvalue weighted by molar-refractivity contribution is 7.99. The summed E-state index contributed by atoms with van der Waals surface area (Å²) in [4.78, 5) is 29.6. The first-order chi connectivity index (χ1) is 17.2. The molecule has 8 nitrogen and oxygen atoms in total. The van der Waals surface area contributed by atoms with Gasteiger partial charge in [0.2, 0.25) is 5.91 Å². The molecule has 12 heteroatoms. The van der Waals surface area contributed by atoms with Crippen molar-refractivity contribution in [2.75, 3.05) is 11.1 Å². The average Bonchev–Trinajstić information content (AvgIpc) is 3.46. The van der Waals surface area contributed by atoms with Crippen molar-refractivity contribution in [2.45, 2.75) is 25.0 Å². The fourth-order valence-corrected chi connectivity index (χ4v) is 5.04. The Labute approximate surface area is 226 Å². The van der Waals surface area contributed by atoms with E-state index in [-0.39, 0.29) is 17.6 Å². The van der Waals surface area contributed by atoms with Gasteiger partial charge in [-0.25, -0.2) is 4.98 Å². The monoisotopic (exact) mass is 560 g/mol. The summed E-state index contributed by atoms with van der Waals surface area (Å²) >= 11 is 14.5. The van der Waals surface area contributed by atoms with Crippen LogP contribution in [0.15, 0.2) is 53.0 Å². The number of thioether (sulfide) groups is 1. The first-order valence-electron chi connectivity index (χ1n) is 10.8. The van der Waals surface area contributed by atoms with Crippen LogP contribution in [0.25, 0.3) is 11.3 Å². The molecule has 0 aliphatic rings. The SMILES string of the molecule is Cc1ccc(-c2csc(NC(=O)CSc3nnc([C@H](C)NC(=O)c4ccc(Cl)c(Cl)c4)n3C)n2)cc1. The summed E-state index contributed by atoms with van der Waals surface area (Å²) < 4.78 is 1.75. The lowest BCUT2D eigenvalue weighted by Crippen LogP contribution is -2.28. The molecule has 0 saturated carbocycles. The van der Waals surface area contributed by atoms with Crippen molar-refractivity contribution in [1.29, 1.82) is 0 Å². The van der Waals surface area contributed by atoms with Gasteiger partial charge in [0.25, 0.3) is 5.91 Å². The molecule has 0 radical (unpaired) electrons. The number of nitrogens with zero attached hydrogens (tertiary/aromatic N) is 4. The molecule has 2 heterocycles. The number of rotatable bonds is 8. The number of halogens is 2. The maximum atomic E-state index is 12.6. The summed E-state index contributed by atoms with van der Waals surface area (Å²) in [5.41, 5.74) is 3.38. The maximum Gasteiger partial charge on any atom is 0.251 e. The van der Waals surface area contributed by atoms with Gasteiger partial charge in [0, 0.05) is 23.6 Å². The van der Waals surface area contributed by atoms with Crippen LogP contribution in [0.3, 0.4) is 0 Å². The second-order valence-corrected chi connectivity index (χ2v) is 10.6. The quantitative estimate of drug-likeness (QED) is 0.265. The summed E-state index contributed by atoms with van der Waals surface area (Å²) in [6, 6.07) is 12.3. The third kappa shape index (κ3) is 6.25. The smallest absolute Gasteiger partial charge is 0.251 e. The summed E-state index contributed by atoms with van der Waals surface area (Å²) in [6.45, 7) is 3.83. The fourth-order valence-electron chi connectivity index (χ4n) is 3.28. The topological polar surface area (TPSA) is 102 Å². The van der Waals surface area contributed by atoms with Crippen LogP contribution < -0.4 is 10.6 Å². The Morgan fingerprint density at radius 3 is 2.58 bits per heavy atom. The molecule has 0 spiro atoms. The minimum absolute atomic E-state index is 0.134. The molecule has 0 fully saturated rings. The summed E-state index contributed by atoms with van der Waals surface area (Å²) in [7, 11) is 1.78. The van der Waals surface area contributed by atoms with E-state index < -0.39 is 6.04 Å². The number of benzene rings is 2. The predicted octanol–water partition coefficient (Wildman–Crippen LogP) is 5.78. The predicted molar refractivity (Wildman–Crippen MR) is 145 cm³/mol. The van der Waals surface area contributed by atoms with Gasteiger partial charge in [-0.3, -0.25) is 9.59 Å². The highest BCUT2D eigenvalue weighted by Crippen LogP contribution is 2.26. The van der Waals surface area contributed by atoms with Gasteiger partial charge >= 0.3 is 0 Å². The minimum Gasteiger partial charge on any atom is -0.342 e. The summed E-state index contributed by atoms with van der Waals surface area (Å²) in [5, 5.41) is 17.7. The zero-order valence-electron chi connectivity index (χ0n) is 19.6. The Morgan fingerprint density at radius 1 is 1.11 bits per heavy atom. The van der Waals surface area contributed by atoms with Crippen molar-refractivity contribution in [1.82, 2.24) is 25.1 Å². The van der Waals surface area contributed by atoms with Gasteiger partial charge < -0.3 is 15.2 Å². The molecule has 0 bridgehead atoms. The van der Waals surface area contributed by atoms with Crippen LogP contribution in [0.4, 0.5) is 5.13 Å². The zero-order chi connectivity index (χ0) is 25.8. The Balaban J connectivity index is 1.32. The van der Waals surface area contributed by atoms with Crippen LogP contribution in [0, 0.1) is 6.92 Å². The first-order valence-corrected chi connectivity index (χ1v) is 13.4. The molecule has 0 saturated heterocycles. The van der Waals surface area contributed by atoms with Crippen molar-refractivity contribution >= 4 is 63.2 Å². The highest BCUT2D eigenvalue weighted by Gasteiger charge is 2.20. The molecule has 2 amide bonds. The van der Waals surface area contributed by atoms with Crippen LogP contribution in [-0.2, 0) is 11.8 Å². The molecule has 186 valence electrons. The Hall–Kier alpha value is -2.92. The molecular formula is C24H22Cl2N6O2S2. The van der Waals surface area contributed by atoms with Gasteiger partial charge in [-0.1, -0.05) is 64.8 Å². The van der Waals surface area contributed by atoms with E-state index in [0.29, 0.717) is 31.7 Å². The van der Waals surface area contributed by atoms with Crippen molar-refractivity contribution in [3.8, 4) is 11.3 Å². The van der Waals surface area contributed by atoms with E-state index in [4.69, 9.17) is 23.2 Å². The van der Waals surface area contributed by atoms with Crippen molar-refractivity contribution in [3.63, 3.8) is 0 Å². The number of aromatic nitrogens is 4. The number of carbonyl (C=O) groups excluding carboxylic acids is 2. The Kier molecular flexibility index (Phi) is 8.30. The van der Waals surface area contributed by atoms with Crippen molar-refractivity contribution in [2.24, 2.45) is 7.05 Å². The lowest BCUT2D eigenvalue weighted by atomic mass is 10.1. The normalized spacial score (nSPS) is 11.8. The van der Waals surface area contributed by atoms with Gasteiger partial charge in [-0.15, -0.1) is 21.5 Å². The second-order valence-electron chi connectivity index (χ2n) is 7.96. The zero-order valence-corrected chi connectivity index (χ0v) is 22.7. The number of thiazole rings is 1. The third-order valence-electron chi connectivity index (χ3n) is 5.22. The molecule has 4 aromatic rings. The number of aryl methyl sites for hydroxylation is 1. The molecule has 0 unspecified atom stereocenters. The van der Waals surface area contributed by atoms with Crippen LogP contribution in [-0.4, -0.2) is 37.3 Å². The molecule has 2 N–H and O–H groups in total. The lowest BCUT2D eigenvalue weighted by molar-refractivity contribution is -0.113. The molecule has 2 aromatic heterocycles. The van der Waals surface area contributed by atoms with E-state index >= 15 is 0 Å². The van der Waals surface area contributed by atoms with Gasteiger partial charge in [0.1, 0.15) is 0 Å². The Morgan fingerprint density at radius 2 is 1.86 bits per heavy atom. The second kappa shape index (κ2) is 11.4. The molecule has 2 aromatic carbocycles. The number of hydrogen-bond acceptors (Lipinski definition) is 7. The third-order valence-corrected chi connectivity index (χ3v) is 7.73. The van der Waals surface area contributed by atoms with E-state index in [1.54, 1.807) is 30.7 Å². The summed E-state index contributed by atoms with van der Waals surface area (Å²) in [5.74, 6) is 0.172. The largest absolute Gasteiger partial charge is 0.342 e. The Bertz CT molecular complexity index is 1400. The van der Waals surface area contributed by atoms with E-state index in [1.807, 2.05) is 36.6 Å².